The summed E-state index contributed by atoms with van der Waals surface area (Å²) in [6.07, 6.45) is 0. The van der Waals surface area contributed by atoms with E-state index in [2.05, 4.69) is 56.3 Å². The monoisotopic (exact) mass is 257 g/mol. The van der Waals surface area contributed by atoms with Crippen molar-refractivity contribution in [2.24, 2.45) is 5.73 Å². The highest BCUT2D eigenvalue weighted by atomic mass is 32.2. The molecule has 0 fully saturated rings. The zero-order valence-electron chi connectivity index (χ0n) is 10.9. The predicted molar refractivity (Wildman–Crippen MR) is 79.8 cm³/mol. The summed E-state index contributed by atoms with van der Waals surface area (Å²) in [6, 6.07) is 15.1. The molecule has 0 heterocycles. The van der Waals surface area contributed by atoms with Crippen molar-refractivity contribution in [1.29, 1.82) is 0 Å². The number of rotatable bonds is 4. The van der Waals surface area contributed by atoms with Crippen molar-refractivity contribution in [2.45, 2.75) is 31.0 Å². The van der Waals surface area contributed by atoms with Gasteiger partial charge in [0, 0.05) is 17.2 Å². The normalized spacial score (nSPS) is 10.6. The van der Waals surface area contributed by atoms with Crippen molar-refractivity contribution >= 4 is 11.8 Å². The first-order valence-electron chi connectivity index (χ1n) is 6.17. The molecule has 0 unspecified atom stereocenters. The average molecular weight is 257 g/mol. The molecule has 0 saturated heterocycles. The third-order valence-corrected chi connectivity index (χ3v) is 4.23. The first-order chi connectivity index (χ1) is 8.70. The van der Waals surface area contributed by atoms with Crippen LogP contribution in [-0.2, 0) is 12.3 Å². The first kappa shape index (κ1) is 13.2. The molecule has 0 aliphatic heterocycles. The van der Waals surface area contributed by atoms with Crippen molar-refractivity contribution in [2.75, 3.05) is 0 Å². The van der Waals surface area contributed by atoms with Crippen LogP contribution in [0, 0.1) is 13.8 Å². The van der Waals surface area contributed by atoms with Gasteiger partial charge in [0.2, 0.25) is 0 Å². The lowest BCUT2D eigenvalue weighted by molar-refractivity contribution is 1.04. The molecular formula is C16H19NS. The standard InChI is InChI=1S/C16H19NS/c1-12-5-3-4-6-15(12)11-18-16-8-7-14(10-17)13(2)9-16/h3-9H,10-11,17H2,1-2H3. The van der Waals surface area contributed by atoms with Gasteiger partial charge in [-0.2, -0.15) is 0 Å². The summed E-state index contributed by atoms with van der Waals surface area (Å²) in [5.41, 5.74) is 11.0. The fourth-order valence-electron chi connectivity index (χ4n) is 1.92. The second-order valence-electron chi connectivity index (χ2n) is 4.51. The average Bonchev–Trinajstić information content (AvgIpc) is 2.38. The van der Waals surface area contributed by atoms with Crippen LogP contribution in [0.3, 0.4) is 0 Å². The smallest absolute Gasteiger partial charge is 0.0234 e. The minimum Gasteiger partial charge on any atom is -0.326 e. The number of benzene rings is 2. The molecule has 2 aromatic carbocycles. The summed E-state index contributed by atoms with van der Waals surface area (Å²) in [7, 11) is 0. The van der Waals surface area contributed by atoms with Gasteiger partial charge in [0.05, 0.1) is 0 Å². The van der Waals surface area contributed by atoms with Gasteiger partial charge in [0.25, 0.3) is 0 Å². The summed E-state index contributed by atoms with van der Waals surface area (Å²) in [4.78, 5) is 1.31. The quantitative estimate of drug-likeness (QED) is 0.836. The Bertz CT molecular complexity index is 534. The summed E-state index contributed by atoms with van der Waals surface area (Å²) in [5.74, 6) is 1.02. The Kier molecular flexibility index (Phi) is 4.45. The molecule has 0 aliphatic carbocycles. The molecule has 18 heavy (non-hydrogen) atoms. The molecular weight excluding hydrogens is 238 g/mol. The van der Waals surface area contributed by atoms with Crippen LogP contribution in [0.25, 0.3) is 0 Å². The molecule has 0 bridgehead atoms. The predicted octanol–water partition coefficient (Wildman–Crippen LogP) is 4.05. The number of hydrogen-bond acceptors (Lipinski definition) is 2. The highest BCUT2D eigenvalue weighted by molar-refractivity contribution is 7.98. The maximum Gasteiger partial charge on any atom is 0.0234 e. The lowest BCUT2D eigenvalue weighted by Gasteiger charge is -2.08. The van der Waals surface area contributed by atoms with Gasteiger partial charge in [0.1, 0.15) is 0 Å². The molecule has 0 aliphatic rings. The Hall–Kier alpha value is -1.25. The molecule has 0 amide bonds. The van der Waals surface area contributed by atoms with Crippen LogP contribution in [0.2, 0.25) is 0 Å². The third kappa shape index (κ3) is 3.15. The minimum atomic E-state index is 0.620. The molecule has 2 rings (SSSR count). The van der Waals surface area contributed by atoms with Crippen LogP contribution >= 0.6 is 11.8 Å². The fraction of sp³-hybridized carbons (Fsp3) is 0.250. The van der Waals surface area contributed by atoms with E-state index in [0.29, 0.717) is 6.54 Å². The molecule has 0 spiro atoms. The molecule has 2 N–H and O–H groups in total. The van der Waals surface area contributed by atoms with Crippen LogP contribution in [0.4, 0.5) is 0 Å². The summed E-state index contributed by atoms with van der Waals surface area (Å²) in [5, 5.41) is 0. The van der Waals surface area contributed by atoms with Crippen LogP contribution in [0.1, 0.15) is 22.3 Å². The SMILES string of the molecule is Cc1cc(SCc2ccccc2C)ccc1CN. The van der Waals surface area contributed by atoms with E-state index in [0.717, 1.165) is 5.75 Å². The fourth-order valence-corrected chi connectivity index (χ4v) is 2.99. The molecule has 2 heteroatoms. The van der Waals surface area contributed by atoms with E-state index < -0.39 is 0 Å². The molecule has 0 radical (unpaired) electrons. The molecule has 0 aromatic heterocycles. The summed E-state index contributed by atoms with van der Waals surface area (Å²) in [6.45, 7) is 4.91. The largest absolute Gasteiger partial charge is 0.326 e. The van der Waals surface area contributed by atoms with Crippen LogP contribution in [0.15, 0.2) is 47.4 Å². The van der Waals surface area contributed by atoms with Gasteiger partial charge >= 0.3 is 0 Å². The van der Waals surface area contributed by atoms with Gasteiger partial charge in [-0.25, -0.2) is 0 Å². The first-order valence-corrected chi connectivity index (χ1v) is 7.16. The Morgan fingerprint density at radius 2 is 1.72 bits per heavy atom. The Morgan fingerprint density at radius 1 is 0.944 bits per heavy atom. The van der Waals surface area contributed by atoms with E-state index in [1.54, 1.807) is 0 Å². The zero-order valence-corrected chi connectivity index (χ0v) is 11.8. The molecule has 1 nitrogen and oxygen atoms in total. The van der Waals surface area contributed by atoms with Crippen LogP contribution in [-0.4, -0.2) is 0 Å². The number of aryl methyl sites for hydroxylation is 2. The van der Waals surface area contributed by atoms with Gasteiger partial charge < -0.3 is 5.73 Å². The maximum absolute atomic E-state index is 5.68. The van der Waals surface area contributed by atoms with Crippen molar-refractivity contribution in [1.82, 2.24) is 0 Å². The minimum absolute atomic E-state index is 0.620. The molecule has 0 saturated carbocycles. The van der Waals surface area contributed by atoms with Gasteiger partial charge in [0.15, 0.2) is 0 Å². The van der Waals surface area contributed by atoms with Crippen LogP contribution in [0.5, 0.6) is 0 Å². The second-order valence-corrected chi connectivity index (χ2v) is 5.56. The van der Waals surface area contributed by atoms with E-state index in [1.165, 1.54) is 27.1 Å². The Labute approximate surface area is 113 Å². The topological polar surface area (TPSA) is 26.0 Å². The van der Waals surface area contributed by atoms with E-state index in [-0.39, 0.29) is 0 Å². The maximum atomic E-state index is 5.68. The second kappa shape index (κ2) is 6.07. The number of nitrogens with two attached hydrogens (primary N) is 1. The number of hydrogen-bond donors (Lipinski definition) is 1. The lowest BCUT2D eigenvalue weighted by atomic mass is 10.1. The highest BCUT2D eigenvalue weighted by Gasteiger charge is 2.01. The summed E-state index contributed by atoms with van der Waals surface area (Å²) < 4.78 is 0. The lowest BCUT2D eigenvalue weighted by Crippen LogP contribution is -1.98. The van der Waals surface area contributed by atoms with Crippen molar-refractivity contribution in [3.63, 3.8) is 0 Å². The van der Waals surface area contributed by atoms with Crippen molar-refractivity contribution in [3.05, 3.63) is 64.7 Å². The summed E-state index contributed by atoms with van der Waals surface area (Å²) >= 11 is 1.88. The van der Waals surface area contributed by atoms with E-state index in [9.17, 15) is 0 Å². The molecule has 94 valence electrons. The van der Waals surface area contributed by atoms with Gasteiger partial charge in [-0.3, -0.25) is 0 Å². The van der Waals surface area contributed by atoms with Gasteiger partial charge in [-0.15, -0.1) is 11.8 Å². The Morgan fingerprint density at radius 3 is 2.39 bits per heavy atom. The molecule has 0 atom stereocenters. The van der Waals surface area contributed by atoms with E-state index >= 15 is 0 Å². The van der Waals surface area contributed by atoms with E-state index in [4.69, 9.17) is 5.73 Å². The van der Waals surface area contributed by atoms with Crippen molar-refractivity contribution < 1.29 is 0 Å². The molecule has 2 aromatic rings. The highest BCUT2D eigenvalue weighted by Crippen LogP contribution is 2.26. The van der Waals surface area contributed by atoms with Gasteiger partial charge in [-0.05, 0) is 48.2 Å². The van der Waals surface area contributed by atoms with E-state index in [1.807, 2.05) is 11.8 Å². The third-order valence-electron chi connectivity index (χ3n) is 3.19. The zero-order chi connectivity index (χ0) is 13.0. The van der Waals surface area contributed by atoms with Crippen molar-refractivity contribution in [3.8, 4) is 0 Å². The van der Waals surface area contributed by atoms with Gasteiger partial charge in [-0.1, -0.05) is 30.3 Å². The van der Waals surface area contributed by atoms with Crippen LogP contribution < -0.4 is 5.73 Å². The Balaban J connectivity index is 2.07. The number of thioether (sulfide) groups is 1.